The number of nitrogens with zero attached hydrogens (tertiary/aromatic N) is 2. The fourth-order valence-corrected chi connectivity index (χ4v) is 3.90. The number of nitrogens with two attached hydrogens (primary N) is 1. The van der Waals surface area contributed by atoms with Gasteiger partial charge in [-0.15, -0.1) is 0 Å². The van der Waals surface area contributed by atoms with Gasteiger partial charge in [-0.25, -0.2) is 0 Å². The van der Waals surface area contributed by atoms with Crippen LogP contribution in [0.1, 0.15) is 44.6 Å². The van der Waals surface area contributed by atoms with E-state index >= 15 is 0 Å². The van der Waals surface area contributed by atoms with Gasteiger partial charge in [0.15, 0.2) is 0 Å². The Morgan fingerprint density at radius 3 is 2.57 bits per heavy atom. The average molecular weight is 315 g/mol. The summed E-state index contributed by atoms with van der Waals surface area (Å²) in [7, 11) is 0. The molecule has 1 amide bonds. The Morgan fingerprint density at radius 1 is 1.17 bits per heavy atom. The third-order valence-corrected chi connectivity index (χ3v) is 5.53. The first-order valence-corrected chi connectivity index (χ1v) is 8.95. The molecule has 23 heavy (non-hydrogen) atoms. The second-order valence-corrected chi connectivity index (χ2v) is 7.25. The fourth-order valence-electron chi connectivity index (χ4n) is 3.90. The van der Waals surface area contributed by atoms with Gasteiger partial charge in [0.2, 0.25) is 5.91 Å². The first kappa shape index (κ1) is 16.5. The van der Waals surface area contributed by atoms with Crippen LogP contribution in [0.4, 0.5) is 0 Å². The number of hydrogen-bond acceptors (Lipinski definition) is 3. The highest BCUT2D eigenvalue weighted by molar-refractivity contribution is 5.86. The summed E-state index contributed by atoms with van der Waals surface area (Å²) in [5, 5.41) is 0. The fraction of sp³-hybridized carbons (Fsp3) is 0.632. The van der Waals surface area contributed by atoms with Gasteiger partial charge in [0.25, 0.3) is 0 Å². The smallest absolute Gasteiger partial charge is 0.242 e. The SMILES string of the molecule is CC1CCN(C(=O)C2(N)CCCC2)CCN1Cc1ccccc1. The summed E-state index contributed by atoms with van der Waals surface area (Å²) in [6.45, 7) is 5.79. The average Bonchev–Trinajstić information content (AvgIpc) is 2.93. The first-order valence-electron chi connectivity index (χ1n) is 8.95. The van der Waals surface area contributed by atoms with E-state index in [-0.39, 0.29) is 5.91 Å². The predicted molar refractivity (Wildman–Crippen MR) is 92.9 cm³/mol. The lowest BCUT2D eigenvalue weighted by molar-refractivity contribution is -0.136. The minimum Gasteiger partial charge on any atom is -0.340 e. The van der Waals surface area contributed by atoms with Gasteiger partial charge in [-0.05, 0) is 31.7 Å². The van der Waals surface area contributed by atoms with Crippen molar-refractivity contribution in [2.45, 2.75) is 57.2 Å². The maximum atomic E-state index is 12.8. The van der Waals surface area contributed by atoms with E-state index in [2.05, 4.69) is 42.2 Å². The van der Waals surface area contributed by atoms with E-state index in [0.717, 1.165) is 58.3 Å². The molecule has 2 fully saturated rings. The van der Waals surface area contributed by atoms with Crippen LogP contribution in [-0.2, 0) is 11.3 Å². The zero-order valence-electron chi connectivity index (χ0n) is 14.2. The van der Waals surface area contributed by atoms with Gasteiger partial charge in [0.05, 0.1) is 5.54 Å². The molecule has 1 saturated heterocycles. The summed E-state index contributed by atoms with van der Waals surface area (Å²) in [6.07, 6.45) is 4.91. The van der Waals surface area contributed by atoms with E-state index in [1.807, 2.05) is 4.90 Å². The summed E-state index contributed by atoms with van der Waals surface area (Å²) >= 11 is 0. The summed E-state index contributed by atoms with van der Waals surface area (Å²) in [5.74, 6) is 0.184. The molecule has 3 rings (SSSR count). The molecule has 2 aliphatic rings. The Labute approximate surface area is 139 Å². The van der Waals surface area contributed by atoms with Crippen molar-refractivity contribution in [3.05, 3.63) is 35.9 Å². The van der Waals surface area contributed by atoms with Gasteiger partial charge >= 0.3 is 0 Å². The van der Waals surface area contributed by atoms with Crippen molar-refractivity contribution in [2.24, 2.45) is 5.73 Å². The molecule has 1 aliphatic heterocycles. The van der Waals surface area contributed by atoms with E-state index in [1.165, 1.54) is 5.56 Å². The maximum Gasteiger partial charge on any atom is 0.242 e. The van der Waals surface area contributed by atoms with Crippen LogP contribution in [0.3, 0.4) is 0 Å². The highest BCUT2D eigenvalue weighted by Gasteiger charge is 2.40. The molecule has 126 valence electrons. The van der Waals surface area contributed by atoms with Crippen LogP contribution in [0, 0.1) is 0 Å². The number of carbonyl (C=O) groups is 1. The van der Waals surface area contributed by atoms with E-state index in [4.69, 9.17) is 5.73 Å². The van der Waals surface area contributed by atoms with Crippen molar-refractivity contribution in [1.82, 2.24) is 9.80 Å². The van der Waals surface area contributed by atoms with E-state index in [0.29, 0.717) is 6.04 Å². The summed E-state index contributed by atoms with van der Waals surface area (Å²) in [6, 6.07) is 11.1. The molecular formula is C19H29N3O. The van der Waals surface area contributed by atoms with Crippen LogP contribution < -0.4 is 5.73 Å². The third kappa shape index (κ3) is 3.75. The Balaban J connectivity index is 1.62. The van der Waals surface area contributed by atoms with Gasteiger partial charge in [-0.1, -0.05) is 43.2 Å². The lowest BCUT2D eigenvalue weighted by Crippen LogP contribution is -2.54. The minimum atomic E-state index is -0.585. The molecule has 4 heteroatoms. The molecular weight excluding hydrogens is 286 g/mol. The van der Waals surface area contributed by atoms with Crippen LogP contribution >= 0.6 is 0 Å². The Morgan fingerprint density at radius 2 is 1.87 bits per heavy atom. The zero-order valence-corrected chi connectivity index (χ0v) is 14.2. The molecule has 1 atom stereocenters. The van der Waals surface area contributed by atoms with Crippen molar-refractivity contribution in [3.63, 3.8) is 0 Å². The second-order valence-electron chi connectivity index (χ2n) is 7.25. The molecule has 1 unspecified atom stereocenters. The normalized spacial score (nSPS) is 25.3. The standard InChI is InChI=1S/C19H29N3O/c1-16-9-12-21(18(23)19(20)10-5-6-11-19)13-14-22(16)15-17-7-3-2-4-8-17/h2-4,7-8,16H,5-6,9-15,20H2,1H3. The van der Waals surface area contributed by atoms with Crippen molar-refractivity contribution in [3.8, 4) is 0 Å². The zero-order chi connectivity index (χ0) is 16.3. The van der Waals surface area contributed by atoms with Crippen molar-refractivity contribution >= 4 is 5.91 Å². The molecule has 0 spiro atoms. The molecule has 1 aromatic carbocycles. The second kappa shape index (κ2) is 7.02. The molecule has 0 bridgehead atoms. The van der Waals surface area contributed by atoms with Gasteiger partial charge in [0.1, 0.15) is 0 Å². The maximum absolute atomic E-state index is 12.8. The molecule has 4 nitrogen and oxygen atoms in total. The lowest BCUT2D eigenvalue weighted by Gasteiger charge is -2.30. The van der Waals surface area contributed by atoms with E-state index in [1.54, 1.807) is 0 Å². The Kier molecular flexibility index (Phi) is 5.02. The summed E-state index contributed by atoms with van der Waals surface area (Å²) < 4.78 is 0. The topological polar surface area (TPSA) is 49.6 Å². The van der Waals surface area contributed by atoms with Crippen molar-refractivity contribution in [1.29, 1.82) is 0 Å². The van der Waals surface area contributed by atoms with Gasteiger partial charge in [0, 0.05) is 32.2 Å². The molecule has 1 aliphatic carbocycles. The Hall–Kier alpha value is -1.39. The molecule has 1 saturated carbocycles. The summed E-state index contributed by atoms with van der Waals surface area (Å²) in [4.78, 5) is 17.3. The number of rotatable bonds is 3. The van der Waals surface area contributed by atoms with Crippen LogP contribution in [0.15, 0.2) is 30.3 Å². The molecule has 0 radical (unpaired) electrons. The molecule has 2 N–H and O–H groups in total. The monoisotopic (exact) mass is 315 g/mol. The minimum absolute atomic E-state index is 0.184. The van der Waals surface area contributed by atoms with E-state index in [9.17, 15) is 4.79 Å². The molecule has 1 heterocycles. The van der Waals surface area contributed by atoms with Crippen molar-refractivity contribution in [2.75, 3.05) is 19.6 Å². The largest absolute Gasteiger partial charge is 0.340 e. The highest BCUT2D eigenvalue weighted by atomic mass is 16.2. The van der Waals surface area contributed by atoms with Gasteiger partial charge in [-0.3, -0.25) is 9.69 Å². The molecule has 1 aromatic rings. The third-order valence-electron chi connectivity index (χ3n) is 5.53. The number of carbonyl (C=O) groups excluding carboxylic acids is 1. The molecule has 0 aromatic heterocycles. The van der Waals surface area contributed by atoms with E-state index < -0.39 is 5.54 Å². The predicted octanol–water partition coefficient (Wildman–Crippen LogP) is 2.38. The van der Waals surface area contributed by atoms with Crippen molar-refractivity contribution < 1.29 is 4.79 Å². The lowest BCUT2D eigenvalue weighted by atomic mass is 9.97. The number of hydrogen-bond donors (Lipinski definition) is 1. The Bertz CT molecular complexity index is 525. The first-order chi connectivity index (χ1) is 11.1. The van der Waals surface area contributed by atoms with Gasteiger partial charge in [-0.2, -0.15) is 0 Å². The van der Waals surface area contributed by atoms with Crippen LogP contribution in [0.25, 0.3) is 0 Å². The van der Waals surface area contributed by atoms with Crippen LogP contribution in [-0.4, -0.2) is 46.9 Å². The highest BCUT2D eigenvalue weighted by Crippen LogP contribution is 2.29. The number of benzene rings is 1. The van der Waals surface area contributed by atoms with Gasteiger partial charge < -0.3 is 10.6 Å². The van der Waals surface area contributed by atoms with Crippen LogP contribution in [0.5, 0.6) is 0 Å². The van der Waals surface area contributed by atoms with Crippen LogP contribution in [0.2, 0.25) is 0 Å². The summed E-state index contributed by atoms with van der Waals surface area (Å²) in [5.41, 5.74) is 7.13. The number of amides is 1. The quantitative estimate of drug-likeness (QED) is 0.932.